The highest BCUT2D eigenvalue weighted by molar-refractivity contribution is 7.92. The number of nitrogens with one attached hydrogen (secondary N) is 2. The minimum Gasteiger partial charge on any atom is -0.494 e. The molecule has 1 aromatic heterocycles. The van der Waals surface area contributed by atoms with Crippen molar-refractivity contribution in [2.24, 2.45) is 5.92 Å². The first kappa shape index (κ1) is 34.3. The Labute approximate surface area is 281 Å². The van der Waals surface area contributed by atoms with Crippen LogP contribution in [0.15, 0.2) is 48.7 Å². The number of para-hydroxylation sites is 2. The molecule has 2 saturated heterocycles. The van der Waals surface area contributed by atoms with Crippen molar-refractivity contribution in [1.82, 2.24) is 19.8 Å². The van der Waals surface area contributed by atoms with Gasteiger partial charge in [-0.2, -0.15) is 4.98 Å². The number of methoxy groups -OCH3 is 1. The van der Waals surface area contributed by atoms with Gasteiger partial charge >= 0.3 is 6.09 Å². The van der Waals surface area contributed by atoms with Crippen LogP contribution in [-0.2, 0) is 14.8 Å². The van der Waals surface area contributed by atoms with E-state index in [1.165, 1.54) is 17.5 Å². The molecule has 0 spiro atoms. The van der Waals surface area contributed by atoms with E-state index >= 15 is 0 Å². The van der Waals surface area contributed by atoms with Gasteiger partial charge in [0, 0.05) is 70.5 Å². The fraction of sp³-hybridized carbons (Fsp3) is 0.469. The lowest BCUT2D eigenvalue weighted by Crippen LogP contribution is -2.57. The zero-order chi connectivity index (χ0) is 33.9. The number of hydrogen-bond acceptors (Lipinski definition) is 11. The van der Waals surface area contributed by atoms with Crippen LogP contribution in [0.4, 0.5) is 39.3 Å². The molecule has 1 amide bonds. The number of amides is 1. The highest BCUT2D eigenvalue weighted by Gasteiger charge is 2.35. The Hall–Kier alpha value is -4.01. The van der Waals surface area contributed by atoms with E-state index in [9.17, 15) is 13.2 Å². The molecule has 2 N–H and O–H groups in total. The van der Waals surface area contributed by atoms with Crippen LogP contribution in [0.3, 0.4) is 0 Å². The molecule has 2 aromatic carbocycles. The number of hydrogen-bond donors (Lipinski definition) is 2. The average molecular weight is 687 g/mol. The van der Waals surface area contributed by atoms with Gasteiger partial charge in [0.15, 0.2) is 5.82 Å². The summed E-state index contributed by atoms with van der Waals surface area (Å²) in [5, 5.41) is 6.63. The molecule has 3 heterocycles. The summed E-state index contributed by atoms with van der Waals surface area (Å²) < 4.78 is 36.7. The van der Waals surface area contributed by atoms with Gasteiger partial charge in [-0.1, -0.05) is 23.7 Å². The number of likely N-dealkylation sites (tertiary alicyclic amines) is 1. The Morgan fingerprint density at radius 3 is 2.43 bits per heavy atom. The average Bonchev–Trinajstić information content (AvgIpc) is 2.99. The first-order valence-corrected chi connectivity index (χ1v) is 17.7. The lowest BCUT2D eigenvalue weighted by Gasteiger charge is -2.44. The smallest absolute Gasteiger partial charge is 0.410 e. The van der Waals surface area contributed by atoms with E-state index in [1.807, 2.05) is 39.0 Å². The minimum atomic E-state index is -3.49. The van der Waals surface area contributed by atoms with E-state index in [0.717, 1.165) is 57.8 Å². The number of aromatic nitrogens is 2. The maximum Gasteiger partial charge on any atom is 0.410 e. The molecule has 0 unspecified atom stereocenters. The van der Waals surface area contributed by atoms with Crippen LogP contribution in [0, 0.1) is 5.92 Å². The number of halogens is 1. The van der Waals surface area contributed by atoms with Crippen LogP contribution in [0.5, 0.6) is 5.75 Å². The predicted octanol–water partition coefficient (Wildman–Crippen LogP) is 5.01. The van der Waals surface area contributed by atoms with Crippen molar-refractivity contribution < 1.29 is 22.7 Å². The van der Waals surface area contributed by atoms with Crippen molar-refractivity contribution >= 4 is 62.2 Å². The second-order valence-corrected chi connectivity index (χ2v) is 15.2. The van der Waals surface area contributed by atoms with Gasteiger partial charge in [0.05, 0.1) is 36.6 Å². The molecule has 2 fully saturated rings. The lowest BCUT2D eigenvalue weighted by atomic mass is 10.00. The third kappa shape index (κ3) is 8.67. The molecular weight excluding hydrogens is 644 g/mol. The standard InChI is InChI=1S/C32H43ClN8O5S/c1-32(2,3)46-31(42)41-20-22(21-41)19-39-13-15-40(16-14-39)23-11-12-26(28(17-23)45-5)36-30-34-18-24(33)29(37-30)35-25-9-7-8-10-27(25)38(4)47(6,43)44/h7-12,17-18,22H,13-16,19-21H2,1-6H3,(H2,34,35,36,37). The zero-order valence-corrected chi connectivity index (χ0v) is 29.2. The second-order valence-electron chi connectivity index (χ2n) is 12.8. The molecule has 0 saturated carbocycles. The van der Waals surface area contributed by atoms with Gasteiger partial charge in [0.1, 0.15) is 16.4 Å². The fourth-order valence-corrected chi connectivity index (χ4v) is 6.14. The molecule has 2 aliphatic heterocycles. The maximum atomic E-state index is 12.2. The van der Waals surface area contributed by atoms with Crippen molar-refractivity contribution in [3.05, 3.63) is 53.7 Å². The number of sulfonamides is 1. The van der Waals surface area contributed by atoms with Crippen molar-refractivity contribution in [1.29, 1.82) is 0 Å². The van der Waals surface area contributed by atoms with E-state index in [0.29, 0.717) is 34.5 Å². The first-order valence-electron chi connectivity index (χ1n) is 15.4. The molecule has 0 radical (unpaired) electrons. The monoisotopic (exact) mass is 686 g/mol. The number of piperazine rings is 1. The van der Waals surface area contributed by atoms with Crippen LogP contribution in [0.25, 0.3) is 0 Å². The normalized spacial score (nSPS) is 16.0. The van der Waals surface area contributed by atoms with Crippen molar-refractivity contribution in [3.8, 4) is 5.75 Å². The van der Waals surface area contributed by atoms with Gasteiger partial charge in [0.25, 0.3) is 0 Å². The molecule has 13 nitrogen and oxygen atoms in total. The largest absolute Gasteiger partial charge is 0.494 e. The van der Waals surface area contributed by atoms with Crippen LogP contribution < -0.4 is 24.6 Å². The molecule has 2 aliphatic rings. The summed E-state index contributed by atoms with van der Waals surface area (Å²) in [7, 11) is -0.383. The van der Waals surface area contributed by atoms with E-state index in [1.54, 1.807) is 36.3 Å². The highest BCUT2D eigenvalue weighted by atomic mass is 35.5. The molecule has 5 rings (SSSR count). The molecule has 254 valence electrons. The SMILES string of the molecule is COc1cc(N2CCN(CC3CN(C(=O)OC(C)(C)C)C3)CC2)ccc1Nc1ncc(Cl)c(Nc2ccccc2N(C)S(C)(=O)=O)n1. The molecule has 0 atom stereocenters. The van der Waals surface area contributed by atoms with Crippen LogP contribution in [0.2, 0.25) is 5.02 Å². The number of nitrogens with zero attached hydrogens (tertiary/aromatic N) is 6. The van der Waals surface area contributed by atoms with Gasteiger partial charge in [-0.05, 0) is 45.0 Å². The maximum absolute atomic E-state index is 12.2. The predicted molar refractivity (Wildman–Crippen MR) is 186 cm³/mol. The number of carbonyl (C=O) groups is 1. The molecule has 47 heavy (non-hydrogen) atoms. The Kier molecular flexibility index (Phi) is 10.2. The first-order chi connectivity index (χ1) is 22.2. The summed E-state index contributed by atoms with van der Waals surface area (Å²) in [6.45, 7) is 11.7. The molecule has 0 aliphatic carbocycles. The van der Waals surface area contributed by atoms with Crippen molar-refractivity contribution in [2.75, 3.05) is 86.1 Å². The van der Waals surface area contributed by atoms with E-state index in [-0.39, 0.29) is 17.1 Å². The van der Waals surface area contributed by atoms with E-state index in [2.05, 4.69) is 30.4 Å². The molecule has 15 heteroatoms. The number of anilines is 6. The zero-order valence-electron chi connectivity index (χ0n) is 27.7. The molecule has 0 bridgehead atoms. The van der Waals surface area contributed by atoms with Gasteiger partial charge < -0.3 is 29.9 Å². The van der Waals surface area contributed by atoms with Crippen molar-refractivity contribution in [3.63, 3.8) is 0 Å². The Balaban J connectivity index is 1.18. The minimum absolute atomic E-state index is 0.231. The third-order valence-corrected chi connectivity index (χ3v) is 9.50. The molecule has 3 aromatic rings. The quantitative estimate of drug-likeness (QED) is 0.298. The van der Waals surface area contributed by atoms with Gasteiger partial charge in [0.2, 0.25) is 16.0 Å². The topological polar surface area (TPSA) is 132 Å². The van der Waals surface area contributed by atoms with Crippen LogP contribution >= 0.6 is 11.6 Å². The third-order valence-electron chi connectivity index (χ3n) is 8.03. The Morgan fingerprint density at radius 1 is 1.06 bits per heavy atom. The summed E-state index contributed by atoms with van der Waals surface area (Å²) in [6, 6.07) is 13.0. The van der Waals surface area contributed by atoms with E-state index < -0.39 is 15.6 Å². The van der Waals surface area contributed by atoms with Gasteiger partial charge in [-0.3, -0.25) is 9.21 Å². The van der Waals surface area contributed by atoms with Gasteiger partial charge in [-0.25, -0.2) is 18.2 Å². The Bertz CT molecular complexity index is 1690. The number of carbonyl (C=O) groups excluding carboxylic acids is 1. The lowest BCUT2D eigenvalue weighted by molar-refractivity contribution is -0.00658. The van der Waals surface area contributed by atoms with E-state index in [4.69, 9.17) is 21.1 Å². The fourth-order valence-electron chi connectivity index (χ4n) is 5.49. The number of rotatable bonds is 10. The summed E-state index contributed by atoms with van der Waals surface area (Å²) in [5.41, 5.74) is 2.22. The Morgan fingerprint density at radius 2 is 1.77 bits per heavy atom. The number of ether oxygens (including phenoxy) is 2. The highest BCUT2D eigenvalue weighted by Crippen LogP contribution is 2.34. The summed E-state index contributed by atoms with van der Waals surface area (Å²) in [6.07, 6.45) is 2.38. The van der Waals surface area contributed by atoms with Crippen LogP contribution in [-0.4, -0.2) is 106 Å². The van der Waals surface area contributed by atoms with Gasteiger partial charge in [-0.15, -0.1) is 0 Å². The number of benzene rings is 2. The summed E-state index contributed by atoms with van der Waals surface area (Å²) >= 11 is 6.42. The second kappa shape index (κ2) is 14.0. The molecular formula is C32H43ClN8O5S. The van der Waals surface area contributed by atoms with Crippen LogP contribution in [0.1, 0.15) is 20.8 Å². The summed E-state index contributed by atoms with van der Waals surface area (Å²) in [5.74, 6) is 1.70. The summed E-state index contributed by atoms with van der Waals surface area (Å²) in [4.78, 5) is 27.7. The van der Waals surface area contributed by atoms with Crippen molar-refractivity contribution in [2.45, 2.75) is 26.4 Å².